The zero-order valence-corrected chi connectivity index (χ0v) is 14.8. The topological polar surface area (TPSA) is 52.0 Å². The number of hydrogen-bond donors (Lipinski definition) is 1. The highest BCUT2D eigenvalue weighted by atomic mass is 79.9. The van der Waals surface area contributed by atoms with Gasteiger partial charge in [0.2, 0.25) is 5.95 Å². The smallest absolute Gasteiger partial charge is 0.222 e. The van der Waals surface area contributed by atoms with Crippen LogP contribution < -0.4 is 10.1 Å². The summed E-state index contributed by atoms with van der Waals surface area (Å²) in [6.45, 7) is 0. The van der Waals surface area contributed by atoms with E-state index in [1.165, 1.54) is 11.1 Å². The van der Waals surface area contributed by atoms with E-state index in [-0.39, 0.29) is 12.1 Å². The summed E-state index contributed by atoms with van der Waals surface area (Å²) in [5.74, 6) is 1.64. The molecule has 2 heterocycles. The van der Waals surface area contributed by atoms with Crippen molar-refractivity contribution in [3.05, 3.63) is 70.5 Å². The van der Waals surface area contributed by atoms with Gasteiger partial charge in [-0.05, 0) is 41.8 Å². The first-order valence-corrected chi connectivity index (χ1v) is 8.59. The summed E-state index contributed by atoms with van der Waals surface area (Å²) >= 11 is 3.55. The molecule has 0 bridgehead atoms. The van der Waals surface area contributed by atoms with Gasteiger partial charge in [-0.3, -0.25) is 0 Å². The maximum atomic E-state index is 5.38. The average Bonchev–Trinajstić information content (AvgIpc) is 3.09. The predicted molar refractivity (Wildman–Crippen MR) is 96.3 cm³/mol. The summed E-state index contributed by atoms with van der Waals surface area (Å²) < 4.78 is 8.40. The zero-order chi connectivity index (χ0) is 16.5. The molecule has 0 spiro atoms. The number of methoxy groups -OCH3 is 1. The molecule has 0 fully saturated rings. The van der Waals surface area contributed by atoms with Gasteiger partial charge in [-0.15, -0.1) is 0 Å². The quantitative estimate of drug-likeness (QED) is 0.735. The van der Waals surface area contributed by atoms with Gasteiger partial charge in [0.15, 0.2) is 0 Å². The van der Waals surface area contributed by atoms with Crippen molar-refractivity contribution in [3.8, 4) is 5.75 Å². The Morgan fingerprint density at radius 2 is 2.00 bits per heavy atom. The molecule has 5 nitrogen and oxygen atoms in total. The van der Waals surface area contributed by atoms with Gasteiger partial charge >= 0.3 is 0 Å². The van der Waals surface area contributed by atoms with Gasteiger partial charge < -0.3 is 10.1 Å². The van der Waals surface area contributed by atoms with E-state index in [0.717, 1.165) is 22.6 Å². The van der Waals surface area contributed by atoms with Crippen molar-refractivity contribution >= 4 is 21.9 Å². The van der Waals surface area contributed by atoms with Gasteiger partial charge in [0, 0.05) is 4.47 Å². The van der Waals surface area contributed by atoms with Crippen LogP contribution in [0.3, 0.4) is 0 Å². The highest BCUT2D eigenvalue weighted by Crippen LogP contribution is 2.38. The minimum Gasteiger partial charge on any atom is -0.497 e. The number of nitrogens with one attached hydrogen (secondary N) is 1. The summed E-state index contributed by atoms with van der Waals surface area (Å²) in [4.78, 5) is 4.37. The number of anilines is 1. The molecule has 1 N–H and O–H groups in total. The van der Waals surface area contributed by atoms with Crippen LogP contribution in [0, 0.1) is 0 Å². The molecule has 0 unspecified atom stereocenters. The van der Waals surface area contributed by atoms with E-state index >= 15 is 0 Å². The highest BCUT2D eigenvalue weighted by Gasteiger charge is 2.30. The van der Waals surface area contributed by atoms with E-state index in [0.29, 0.717) is 0 Å². The molecule has 0 amide bonds. The van der Waals surface area contributed by atoms with Crippen molar-refractivity contribution in [2.24, 2.45) is 0 Å². The van der Waals surface area contributed by atoms with Crippen LogP contribution in [0.1, 0.15) is 29.6 Å². The van der Waals surface area contributed by atoms with E-state index in [9.17, 15) is 0 Å². The molecule has 24 heavy (non-hydrogen) atoms. The monoisotopic (exact) mass is 384 g/mol. The Bertz CT molecular complexity index is 863. The van der Waals surface area contributed by atoms with Crippen LogP contribution in [0.4, 0.5) is 5.95 Å². The van der Waals surface area contributed by atoms with Crippen LogP contribution in [-0.2, 0) is 0 Å². The van der Waals surface area contributed by atoms with E-state index in [1.54, 1.807) is 13.4 Å². The zero-order valence-electron chi connectivity index (χ0n) is 13.2. The van der Waals surface area contributed by atoms with Crippen molar-refractivity contribution < 1.29 is 4.74 Å². The van der Waals surface area contributed by atoms with E-state index in [4.69, 9.17) is 4.74 Å². The second-order valence-corrected chi connectivity index (χ2v) is 6.72. The molecular formula is C18H17BrN4O. The molecule has 1 aliphatic rings. The Kier molecular flexibility index (Phi) is 3.98. The van der Waals surface area contributed by atoms with Crippen molar-refractivity contribution in [3.63, 3.8) is 0 Å². The third kappa shape index (κ3) is 2.78. The summed E-state index contributed by atoms with van der Waals surface area (Å²) in [6, 6.07) is 16.8. The van der Waals surface area contributed by atoms with Gasteiger partial charge in [0.05, 0.1) is 19.2 Å². The first kappa shape index (κ1) is 15.2. The lowest BCUT2D eigenvalue weighted by Crippen LogP contribution is -2.28. The Labute approximate surface area is 148 Å². The maximum Gasteiger partial charge on any atom is 0.222 e. The lowest BCUT2D eigenvalue weighted by molar-refractivity contribution is 0.406. The second kappa shape index (κ2) is 6.28. The fourth-order valence-electron chi connectivity index (χ4n) is 3.19. The molecule has 0 radical (unpaired) electrons. The Morgan fingerprint density at radius 3 is 2.83 bits per heavy atom. The third-order valence-electron chi connectivity index (χ3n) is 4.36. The number of halogens is 1. The average molecular weight is 385 g/mol. The summed E-state index contributed by atoms with van der Waals surface area (Å²) in [5, 5.41) is 7.89. The maximum absolute atomic E-state index is 5.38. The molecule has 2 atom stereocenters. The Hall–Kier alpha value is -2.34. The van der Waals surface area contributed by atoms with Crippen LogP contribution >= 0.6 is 15.9 Å². The summed E-state index contributed by atoms with van der Waals surface area (Å²) in [7, 11) is 1.69. The first-order valence-electron chi connectivity index (χ1n) is 7.80. The lowest BCUT2D eigenvalue weighted by Gasteiger charge is -2.32. The van der Waals surface area contributed by atoms with Crippen LogP contribution in [0.2, 0.25) is 0 Å². The molecule has 0 aliphatic carbocycles. The SMILES string of the molecule is COc1cccc([C@@H]2C[C@H](c3cccc(Br)c3)Nc3ncnn32)c1. The predicted octanol–water partition coefficient (Wildman–Crippen LogP) is 4.20. The highest BCUT2D eigenvalue weighted by molar-refractivity contribution is 9.10. The second-order valence-electron chi connectivity index (χ2n) is 5.81. The minimum absolute atomic E-state index is 0.114. The minimum atomic E-state index is 0.114. The number of rotatable bonds is 3. The number of fused-ring (bicyclic) bond motifs is 1. The van der Waals surface area contributed by atoms with E-state index < -0.39 is 0 Å². The molecule has 3 aromatic rings. The fourth-order valence-corrected chi connectivity index (χ4v) is 3.61. The molecule has 4 rings (SSSR count). The van der Waals surface area contributed by atoms with Crippen LogP contribution in [0.25, 0.3) is 0 Å². The molecule has 122 valence electrons. The number of hydrogen-bond acceptors (Lipinski definition) is 4. The summed E-state index contributed by atoms with van der Waals surface area (Å²) in [5.41, 5.74) is 2.40. The number of nitrogens with zero attached hydrogens (tertiary/aromatic N) is 3. The van der Waals surface area contributed by atoms with Gasteiger partial charge in [-0.1, -0.05) is 40.2 Å². The Morgan fingerprint density at radius 1 is 1.17 bits per heavy atom. The van der Waals surface area contributed by atoms with Crippen LogP contribution in [0.15, 0.2) is 59.3 Å². The van der Waals surface area contributed by atoms with Crippen LogP contribution in [0.5, 0.6) is 5.75 Å². The van der Waals surface area contributed by atoms with Gasteiger partial charge in [0.1, 0.15) is 12.1 Å². The fraction of sp³-hybridized carbons (Fsp3) is 0.222. The van der Waals surface area contributed by atoms with Crippen molar-refractivity contribution in [1.29, 1.82) is 0 Å². The molecule has 1 aromatic heterocycles. The standard InChI is InChI=1S/C18H17BrN4O/c1-24-15-7-3-5-13(9-15)17-10-16(12-4-2-6-14(19)8-12)22-18-20-11-21-23(17)18/h2-9,11,16-17H,10H2,1H3,(H,20,21,22)/t16-,17+/m1/s1. The van der Waals surface area contributed by atoms with Crippen molar-refractivity contribution in [2.75, 3.05) is 12.4 Å². The van der Waals surface area contributed by atoms with E-state index in [1.807, 2.05) is 22.9 Å². The van der Waals surface area contributed by atoms with E-state index in [2.05, 4.69) is 61.7 Å². The Balaban J connectivity index is 1.74. The number of benzene rings is 2. The van der Waals surface area contributed by atoms with Gasteiger partial charge in [-0.2, -0.15) is 10.1 Å². The van der Waals surface area contributed by atoms with Crippen molar-refractivity contribution in [1.82, 2.24) is 14.8 Å². The molecule has 2 aromatic carbocycles. The molecule has 6 heteroatoms. The molecule has 0 saturated heterocycles. The number of aromatic nitrogens is 3. The van der Waals surface area contributed by atoms with Crippen LogP contribution in [-0.4, -0.2) is 21.9 Å². The largest absolute Gasteiger partial charge is 0.497 e. The lowest BCUT2D eigenvalue weighted by atomic mass is 9.93. The number of ether oxygens (including phenoxy) is 1. The summed E-state index contributed by atoms with van der Waals surface area (Å²) in [6.07, 6.45) is 2.48. The van der Waals surface area contributed by atoms with Gasteiger partial charge in [-0.25, -0.2) is 4.68 Å². The molecule has 0 saturated carbocycles. The van der Waals surface area contributed by atoms with Crippen molar-refractivity contribution in [2.45, 2.75) is 18.5 Å². The molecule has 1 aliphatic heterocycles. The third-order valence-corrected chi connectivity index (χ3v) is 4.85. The first-order chi connectivity index (χ1) is 11.7. The molecular weight excluding hydrogens is 368 g/mol. The normalized spacial score (nSPS) is 19.4. The van der Waals surface area contributed by atoms with Gasteiger partial charge in [0.25, 0.3) is 0 Å².